The highest BCUT2D eigenvalue weighted by Gasteiger charge is 2.32. The van der Waals surface area contributed by atoms with E-state index in [4.69, 9.17) is 5.73 Å². The lowest BCUT2D eigenvalue weighted by Crippen LogP contribution is -2.07. The molecule has 0 atom stereocenters. The molecule has 3 heterocycles. The molecule has 23 heavy (non-hydrogen) atoms. The monoisotopic (exact) mass is 318 g/mol. The number of rotatable bonds is 2. The van der Waals surface area contributed by atoms with Crippen LogP contribution >= 0.6 is 0 Å². The molecule has 0 aliphatic heterocycles. The first-order valence-electron chi connectivity index (χ1n) is 6.37. The van der Waals surface area contributed by atoms with Crippen LogP contribution in [0.5, 0.6) is 0 Å². The molecule has 0 spiro atoms. The third-order valence-electron chi connectivity index (χ3n) is 2.97. The summed E-state index contributed by atoms with van der Waals surface area (Å²) in [5, 5.41) is 0. The van der Waals surface area contributed by atoms with Gasteiger partial charge in [-0.1, -0.05) is 0 Å². The average Bonchev–Trinajstić information content (AvgIpc) is 2.55. The van der Waals surface area contributed by atoms with E-state index < -0.39 is 11.9 Å². The molecule has 0 bridgehead atoms. The fourth-order valence-corrected chi connectivity index (χ4v) is 1.88. The van der Waals surface area contributed by atoms with E-state index in [0.717, 1.165) is 12.3 Å². The maximum Gasteiger partial charge on any atom is 0.433 e. The van der Waals surface area contributed by atoms with E-state index in [1.54, 1.807) is 12.3 Å². The van der Waals surface area contributed by atoms with Crippen LogP contribution in [0.25, 0.3) is 22.6 Å². The lowest BCUT2D eigenvalue weighted by Gasteiger charge is -2.08. The van der Waals surface area contributed by atoms with Crippen molar-refractivity contribution in [3.8, 4) is 22.6 Å². The molecule has 3 aromatic rings. The fourth-order valence-electron chi connectivity index (χ4n) is 1.88. The molecule has 0 aliphatic rings. The van der Waals surface area contributed by atoms with Gasteiger partial charge in [-0.15, -0.1) is 0 Å². The Morgan fingerprint density at radius 1 is 0.913 bits per heavy atom. The van der Waals surface area contributed by atoms with Gasteiger partial charge in [0.25, 0.3) is 0 Å². The molecule has 116 valence electrons. The Labute approximate surface area is 128 Å². The summed E-state index contributed by atoms with van der Waals surface area (Å²) in [6, 6.07) is 3.75. The number of nitrogen functional groups attached to an aromatic ring is 1. The molecule has 2 N–H and O–H groups in total. The van der Waals surface area contributed by atoms with Crippen LogP contribution < -0.4 is 5.73 Å². The highest BCUT2D eigenvalue weighted by molar-refractivity contribution is 5.71. The Morgan fingerprint density at radius 2 is 1.74 bits per heavy atom. The maximum atomic E-state index is 12.6. The number of nitrogens with two attached hydrogens (primary N) is 1. The van der Waals surface area contributed by atoms with E-state index in [1.165, 1.54) is 18.6 Å². The zero-order valence-corrected chi connectivity index (χ0v) is 11.5. The van der Waals surface area contributed by atoms with Gasteiger partial charge < -0.3 is 5.73 Å². The van der Waals surface area contributed by atoms with Crippen LogP contribution in [-0.2, 0) is 6.18 Å². The van der Waals surface area contributed by atoms with Crippen molar-refractivity contribution in [1.29, 1.82) is 0 Å². The van der Waals surface area contributed by atoms with Gasteiger partial charge in [-0.25, -0.2) is 19.9 Å². The van der Waals surface area contributed by atoms with Gasteiger partial charge in [0.2, 0.25) is 0 Å². The molecule has 3 aromatic heterocycles. The predicted molar refractivity (Wildman–Crippen MR) is 75.7 cm³/mol. The number of halogens is 3. The van der Waals surface area contributed by atoms with Crippen molar-refractivity contribution in [3.63, 3.8) is 0 Å². The standard InChI is InChI=1S/C14H9F3N6/c15-14(16,17)11-2-1-8(5-20-11)12-13(18)21-6-10(23-12)9-3-4-19-7-22-9/h1-7H,(H2,18,21). The Balaban J connectivity index is 2.03. The van der Waals surface area contributed by atoms with E-state index in [0.29, 0.717) is 17.0 Å². The second-order valence-electron chi connectivity index (χ2n) is 4.51. The summed E-state index contributed by atoms with van der Waals surface area (Å²) >= 11 is 0. The maximum absolute atomic E-state index is 12.6. The number of nitrogens with zero attached hydrogens (tertiary/aromatic N) is 5. The molecule has 9 heteroatoms. The summed E-state index contributed by atoms with van der Waals surface area (Å²) in [4.78, 5) is 19.6. The molecule has 0 amide bonds. The quantitative estimate of drug-likeness (QED) is 0.781. The summed E-state index contributed by atoms with van der Waals surface area (Å²) in [6.07, 6.45) is 0.886. The third kappa shape index (κ3) is 3.07. The zero-order valence-electron chi connectivity index (χ0n) is 11.5. The van der Waals surface area contributed by atoms with Crippen LogP contribution in [0, 0.1) is 0 Å². The highest BCUT2D eigenvalue weighted by Crippen LogP contribution is 2.30. The third-order valence-corrected chi connectivity index (χ3v) is 2.97. The number of alkyl halides is 3. The molecule has 6 nitrogen and oxygen atoms in total. The summed E-state index contributed by atoms with van der Waals surface area (Å²) in [6.45, 7) is 0. The summed E-state index contributed by atoms with van der Waals surface area (Å²) < 4.78 is 37.7. The van der Waals surface area contributed by atoms with Crippen LogP contribution in [0.4, 0.5) is 19.0 Å². The van der Waals surface area contributed by atoms with Crippen molar-refractivity contribution in [3.05, 3.63) is 48.8 Å². The molecule has 3 rings (SSSR count). The average molecular weight is 318 g/mol. The fraction of sp³-hybridized carbons (Fsp3) is 0.0714. The van der Waals surface area contributed by atoms with E-state index in [1.807, 2.05) is 0 Å². The minimum Gasteiger partial charge on any atom is -0.382 e. The van der Waals surface area contributed by atoms with E-state index in [2.05, 4.69) is 24.9 Å². The first-order chi connectivity index (χ1) is 10.9. The summed E-state index contributed by atoms with van der Waals surface area (Å²) in [5.41, 5.74) is 6.30. The smallest absolute Gasteiger partial charge is 0.382 e. The minimum atomic E-state index is -4.50. The van der Waals surface area contributed by atoms with Gasteiger partial charge >= 0.3 is 6.18 Å². The predicted octanol–water partition coefficient (Wildman–Crippen LogP) is 2.60. The lowest BCUT2D eigenvalue weighted by atomic mass is 10.1. The van der Waals surface area contributed by atoms with Crippen LogP contribution in [-0.4, -0.2) is 24.9 Å². The molecule has 0 fully saturated rings. The number of hydrogen-bond donors (Lipinski definition) is 1. The molecule has 0 aromatic carbocycles. The largest absolute Gasteiger partial charge is 0.433 e. The van der Waals surface area contributed by atoms with Gasteiger partial charge in [0, 0.05) is 18.0 Å². The van der Waals surface area contributed by atoms with Gasteiger partial charge in [0.15, 0.2) is 0 Å². The second-order valence-corrected chi connectivity index (χ2v) is 4.51. The highest BCUT2D eigenvalue weighted by atomic mass is 19.4. The first-order valence-corrected chi connectivity index (χ1v) is 6.37. The zero-order chi connectivity index (χ0) is 16.4. The van der Waals surface area contributed by atoms with Crippen molar-refractivity contribution in [2.75, 3.05) is 5.73 Å². The van der Waals surface area contributed by atoms with Gasteiger partial charge in [-0.3, -0.25) is 4.98 Å². The Morgan fingerprint density at radius 3 is 2.35 bits per heavy atom. The van der Waals surface area contributed by atoms with E-state index in [9.17, 15) is 13.2 Å². The van der Waals surface area contributed by atoms with Crippen molar-refractivity contribution in [1.82, 2.24) is 24.9 Å². The second kappa shape index (κ2) is 5.59. The van der Waals surface area contributed by atoms with Gasteiger partial charge in [-0.2, -0.15) is 13.2 Å². The SMILES string of the molecule is Nc1ncc(-c2ccncn2)nc1-c1ccc(C(F)(F)F)nc1. The van der Waals surface area contributed by atoms with E-state index in [-0.39, 0.29) is 11.5 Å². The topological polar surface area (TPSA) is 90.5 Å². The molecular formula is C14H9F3N6. The van der Waals surface area contributed by atoms with Gasteiger partial charge in [0.05, 0.1) is 11.9 Å². The normalized spacial score (nSPS) is 11.4. The van der Waals surface area contributed by atoms with Crippen molar-refractivity contribution in [2.45, 2.75) is 6.18 Å². The Bertz CT molecular complexity index is 818. The van der Waals surface area contributed by atoms with Crippen molar-refractivity contribution < 1.29 is 13.2 Å². The molecule has 0 saturated heterocycles. The lowest BCUT2D eigenvalue weighted by molar-refractivity contribution is -0.141. The van der Waals surface area contributed by atoms with Crippen LogP contribution in [0.2, 0.25) is 0 Å². The van der Waals surface area contributed by atoms with Crippen LogP contribution in [0.1, 0.15) is 5.69 Å². The van der Waals surface area contributed by atoms with Crippen LogP contribution in [0.15, 0.2) is 43.1 Å². The molecular weight excluding hydrogens is 309 g/mol. The number of hydrogen-bond acceptors (Lipinski definition) is 6. The minimum absolute atomic E-state index is 0.0874. The molecule has 0 saturated carbocycles. The van der Waals surface area contributed by atoms with Gasteiger partial charge in [0.1, 0.15) is 29.2 Å². The number of aromatic nitrogens is 5. The summed E-state index contributed by atoms with van der Waals surface area (Å²) in [7, 11) is 0. The van der Waals surface area contributed by atoms with Crippen molar-refractivity contribution >= 4 is 5.82 Å². The molecule has 0 radical (unpaired) electrons. The van der Waals surface area contributed by atoms with Crippen molar-refractivity contribution in [2.24, 2.45) is 0 Å². The molecule has 0 unspecified atom stereocenters. The summed E-state index contributed by atoms with van der Waals surface area (Å²) in [5.74, 6) is 0.0874. The number of pyridine rings is 1. The van der Waals surface area contributed by atoms with Crippen LogP contribution in [0.3, 0.4) is 0 Å². The Kier molecular flexibility index (Phi) is 3.61. The first kappa shape index (κ1) is 14.8. The van der Waals surface area contributed by atoms with Gasteiger partial charge in [-0.05, 0) is 18.2 Å². The van der Waals surface area contributed by atoms with E-state index >= 15 is 0 Å². The Hall–Kier alpha value is -3.10. The molecule has 0 aliphatic carbocycles. The number of anilines is 1.